The van der Waals surface area contributed by atoms with Crippen LogP contribution in [-0.4, -0.2) is 12.7 Å². The lowest BCUT2D eigenvalue weighted by molar-refractivity contribution is 0.168. The van der Waals surface area contributed by atoms with Crippen LogP contribution in [0.1, 0.15) is 6.92 Å². The molecule has 0 aliphatic rings. The molecule has 1 N–H and O–H groups in total. The Morgan fingerprint density at radius 3 is 2.83 bits per heavy atom. The van der Waals surface area contributed by atoms with E-state index in [9.17, 15) is 4.79 Å². The smallest absolute Gasteiger partial charge is 0.411 e. The summed E-state index contributed by atoms with van der Waals surface area (Å²) in [6.07, 6.45) is -0.427. The average molecular weight is 164 g/mol. The molecule has 63 valence electrons. The highest BCUT2D eigenvalue weighted by Crippen LogP contribution is 2.04. The van der Waals surface area contributed by atoms with Crippen molar-refractivity contribution in [2.75, 3.05) is 11.9 Å². The second-order valence-corrected chi connectivity index (χ2v) is 2.13. The first kappa shape index (κ1) is 8.59. The molecular weight excluding hydrogens is 154 g/mol. The summed E-state index contributed by atoms with van der Waals surface area (Å²) in [5, 5.41) is 2.56. The van der Waals surface area contributed by atoms with Crippen LogP contribution >= 0.6 is 0 Å². The molecule has 0 spiro atoms. The summed E-state index contributed by atoms with van der Waals surface area (Å²) in [5.41, 5.74) is 0.715. The molecule has 12 heavy (non-hydrogen) atoms. The van der Waals surface area contributed by atoms with Crippen LogP contribution in [0, 0.1) is 6.07 Å². The summed E-state index contributed by atoms with van der Waals surface area (Å²) in [4.78, 5) is 10.9. The molecule has 0 bridgehead atoms. The Morgan fingerprint density at radius 1 is 1.58 bits per heavy atom. The van der Waals surface area contributed by atoms with Crippen molar-refractivity contribution in [3.63, 3.8) is 0 Å². The first-order valence-corrected chi connectivity index (χ1v) is 3.73. The molecule has 0 saturated carbocycles. The average Bonchev–Trinajstić information content (AvgIpc) is 2.06. The zero-order valence-electron chi connectivity index (χ0n) is 6.83. The molecule has 1 amide bonds. The molecule has 0 unspecified atom stereocenters. The molecule has 1 radical (unpaired) electrons. The van der Waals surface area contributed by atoms with Crippen molar-refractivity contribution in [3.05, 3.63) is 30.3 Å². The van der Waals surface area contributed by atoms with Gasteiger partial charge in [-0.2, -0.15) is 0 Å². The molecule has 0 atom stereocenters. The Labute approximate surface area is 71.4 Å². The molecular formula is C9H10NO2. The Balaban J connectivity index is 2.47. The third-order valence-corrected chi connectivity index (χ3v) is 1.24. The van der Waals surface area contributed by atoms with Gasteiger partial charge in [-0.3, -0.25) is 5.32 Å². The van der Waals surface area contributed by atoms with Gasteiger partial charge in [0.05, 0.1) is 6.61 Å². The van der Waals surface area contributed by atoms with Gasteiger partial charge in [0, 0.05) is 5.69 Å². The largest absolute Gasteiger partial charge is 0.450 e. The lowest BCUT2D eigenvalue weighted by Crippen LogP contribution is -2.12. The van der Waals surface area contributed by atoms with Gasteiger partial charge < -0.3 is 4.74 Å². The number of hydrogen-bond acceptors (Lipinski definition) is 2. The molecule has 0 heterocycles. The number of rotatable bonds is 2. The summed E-state index contributed by atoms with van der Waals surface area (Å²) in [6.45, 7) is 2.14. The fourth-order valence-corrected chi connectivity index (χ4v) is 0.755. The topological polar surface area (TPSA) is 38.3 Å². The fraction of sp³-hybridized carbons (Fsp3) is 0.222. The minimum atomic E-state index is -0.427. The number of hydrogen-bond donors (Lipinski definition) is 1. The molecule has 1 aromatic carbocycles. The normalized spacial score (nSPS) is 9.08. The van der Waals surface area contributed by atoms with E-state index >= 15 is 0 Å². The SMILES string of the molecule is CCOC(=O)Nc1cc[c]cc1. The predicted octanol–water partition coefficient (Wildman–Crippen LogP) is 2.06. The van der Waals surface area contributed by atoms with E-state index in [1.165, 1.54) is 0 Å². The van der Waals surface area contributed by atoms with E-state index in [1.54, 1.807) is 31.2 Å². The van der Waals surface area contributed by atoms with Crippen LogP contribution in [0.4, 0.5) is 10.5 Å². The minimum Gasteiger partial charge on any atom is -0.450 e. The third kappa shape index (κ3) is 2.62. The van der Waals surface area contributed by atoms with E-state index in [2.05, 4.69) is 16.1 Å². The summed E-state index contributed by atoms with van der Waals surface area (Å²) in [7, 11) is 0. The predicted molar refractivity (Wildman–Crippen MR) is 45.9 cm³/mol. The number of ether oxygens (including phenoxy) is 1. The summed E-state index contributed by atoms with van der Waals surface area (Å²) in [5.74, 6) is 0. The van der Waals surface area contributed by atoms with E-state index in [0.717, 1.165) is 0 Å². The van der Waals surface area contributed by atoms with Crippen LogP contribution in [-0.2, 0) is 4.74 Å². The van der Waals surface area contributed by atoms with Gasteiger partial charge in [0.15, 0.2) is 0 Å². The van der Waals surface area contributed by atoms with Crippen LogP contribution in [0.25, 0.3) is 0 Å². The van der Waals surface area contributed by atoms with Gasteiger partial charge in [0.2, 0.25) is 0 Å². The molecule has 3 heteroatoms. The first-order chi connectivity index (χ1) is 5.83. The van der Waals surface area contributed by atoms with Crippen LogP contribution in [0.5, 0.6) is 0 Å². The number of carbonyl (C=O) groups is 1. The van der Waals surface area contributed by atoms with E-state index in [1.807, 2.05) is 0 Å². The zero-order valence-corrected chi connectivity index (χ0v) is 6.83. The molecule has 3 nitrogen and oxygen atoms in total. The second-order valence-electron chi connectivity index (χ2n) is 2.13. The van der Waals surface area contributed by atoms with Crippen LogP contribution in [0.2, 0.25) is 0 Å². The van der Waals surface area contributed by atoms with E-state index in [0.29, 0.717) is 12.3 Å². The molecule has 0 saturated heterocycles. The second kappa shape index (κ2) is 4.38. The van der Waals surface area contributed by atoms with Crippen molar-refractivity contribution in [1.82, 2.24) is 0 Å². The van der Waals surface area contributed by atoms with Crippen molar-refractivity contribution in [1.29, 1.82) is 0 Å². The Hall–Kier alpha value is -1.51. The highest BCUT2D eigenvalue weighted by Gasteiger charge is 1.98. The van der Waals surface area contributed by atoms with Gasteiger partial charge in [-0.1, -0.05) is 12.1 Å². The van der Waals surface area contributed by atoms with Gasteiger partial charge in [0.25, 0.3) is 0 Å². The first-order valence-electron chi connectivity index (χ1n) is 3.73. The van der Waals surface area contributed by atoms with Crippen molar-refractivity contribution in [3.8, 4) is 0 Å². The van der Waals surface area contributed by atoms with Crippen LogP contribution in [0.3, 0.4) is 0 Å². The number of anilines is 1. The monoisotopic (exact) mass is 164 g/mol. The highest BCUT2D eigenvalue weighted by molar-refractivity contribution is 5.84. The summed E-state index contributed by atoms with van der Waals surface area (Å²) in [6, 6.07) is 9.79. The summed E-state index contributed by atoms with van der Waals surface area (Å²) < 4.78 is 4.69. The molecule has 0 fully saturated rings. The number of benzene rings is 1. The molecule has 0 aromatic heterocycles. The maximum atomic E-state index is 10.9. The van der Waals surface area contributed by atoms with Gasteiger partial charge in [0.1, 0.15) is 0 Å². The van der Waals surface area contributed by atoms with Gasteiger partial charge in [-0.15, -0.1) is 0 Å². The van der Waals surface area contributed by atoms with Crippen molar-refractivity contribution < 1.29 is 9.53 Å². The standard InChI is InChI=1S/C9H10NO2/c1-2-12-9(11)10-8-6-4-3-5-7-8/h4-7H,2H2,1H3,(H,10,11). The number of nitrogens with one attached hydrogen (secondary N) is 1. The highest BCUT2D eigenvalue weighted by atomic mass is 16.5. The maximum Gasteiger partial charge on any atom is 0.411 e. The lowest BCUT2D eigenvalue weighted by Gasteiger charge is -2.03. The van der Waals surface area contributed by atoms with E-state index in [4.69, 9.17) is 0 Å². The fourth-order valence-electron chi connectivity index (χ4n) is 0.755. The van der Waals surface area contributed by atoms with Crippen LogP contribution < -0.4 is 5.32 Å². The van der Waals surface area contributed by atoms with Crippen molar-refractivity contribution in [2.24, 2.45) is 0 Å². The third-order valence-electron chi connectivity index (χ3n) is 1.24. The number of carbonyl (C=O) groups excluding carboxylic acids is 1. The van der Waals surface area contributed by atoms with E-state index < -0.39 is 6.09 Å². The van der Waals surface area contributed by atoms with Gasteiger partial charge in [-0.25, -0.2) is 4.79 Å². The minimum absolute atomic E-state index is 0.380. The molecule has 0 aliphatic heterocycles. The molecule has 1 rings (SSSR count). The Bertz CT molecular complexity index is 246. The quantitative estimate of drug-likeness (QED) is 0.726. The number of amides is 1. The molecule has 1 aromatic rings. The Morgan fingerprint density at radius 2 is 2.25 bits per heavy atom. The summed E-state index contributed by atoms with van der Waals surface area (Å²) >= 11 is 0. The van der Waals surface area contributed by atoms with Crippen LogP contribution in [0.15, 0.2) is 24.3 Å². The van der Waals surface area contributed by atoms with Gasteiger partial charge >= 0.3 is 6.09 Å². The molecule has 0 aliphatic carbocycles. The zero-order chi connectivity index (χ0) is 8.81. The van der Waals surface area contributed by atoms with Crippen molar-refractivity contribution in [2.45, 2.75) is 6.92 Å². The van der Waals surface area contributed by atoms with Crippen molar-refractivity contribution >= 4 is 11.8 Å². The van der Waals surface area contributed by atoms with E-state index in [-0.39, 0.29) is 0 Å². The lowest BCUT2D eigenvalue weighted by atomic mass is 10.3. The maximum absolute atomic E-state index is 10.9. The Kier molecular flexibility index (Phi) is 3.14. The van der Waals surface area contributed by atoms with Gasteiger partial charge in [-0.05, 0) is 25.1 Å².